The SMILES string of the molecule is CCC(O)CNc1cccc(OC(C)C)c1N. The summed E-state index contributed by atoms with van der Waals surface area (Å²) >= 11 is 0. The van der Waals surface area contributed by atoms with E-state index < -0.39 is 0 Å². The molecule has 1 unspecified atom stereocenters. The minimum atomic E-state index is -0.357. The molecule has 1 atom stereocenters. The van der Waals surface area contributed by atoms with Crippen molar-refractivity contribution in [2.24, 2.45) is 0 Å². The van der Waals surface area contributed by atoms with Crippen LogP contribution in [0.25, 0.3) is 0 Å². The molecule has 0 amide bonds. The number of rotatable bonds is 6. The van der Waals surface area contributed by atoms with Crippen LogP contribution in [0.3, 0.4) is 0 Å². The van der Waals surface area contributed by atoms with Crippen molar-refractivity contribution in [3.63, 3.8) is 0 Å². The molecular formula is C13H22N2O2. The van der Waals surface area contributed by atoms with E-state index in [-0.39, 0.29) is 12.2 Å². The minimum absolute atomic E-state index is 0.0915. The number of para-hydroxylation sites is 1. The second-order valence-electron chi connectivity index (χ2n) is 4.33. The number of anilines is 2. The zero-order valence-corrected chi connectivity index (χ0v) is 10.7. The molecule has 0 saturated carbocycles. The maximum absolute atomic E-state index is 9.49. The Labute approximate surface area is 103 Å². The second-order valence-corrected chi connectivity index (χ2v) is 4.33. The van der Waals surface area contributed by atoms with Crippen LogP contribution in [0.4, 0.5) is 11.4 Å². The molecule has 1 rings (SSSR count). The summed E-state index contributed by atoms with van der Waals surface area (Å²) in [7, 11) is 0. The van der Waals surface area contributed by atoms with E-state index in [0.29, 0.717) is 18.0 Å². The maximum atomic E-state index is 9.49. The molecule has 0 aromatic heterocycles. The lowest BCUT2D eigenvalue weighted by molar-refractivity contribution is 0.183. The molecule has 4 nitrogen and oxygen atoms in total. The molecule has 1 aromatic carbocycles. The summed E-state index contributed by atoms with van der Waals surface area (Å²) in [5.41, 5.74) is 7.38. The van der Waals surface area contributed by atoms with Gasteiger partial charge < -0.3 is 20.9 Å². The number of hydrogen-bond donors (Lipinski definition) is 3. The van der Waals surface area contributed by atoms with E-state index in [9.17, 15) is 5.11 Å². The van der Waals surface area contributed by atoms with Gasteiger partial charge in [-0.2, -0.15) is 0 Å². The van der Waals surface area contributed by atoms with Crippen LogP contribution < -0.4 is 15.8 Å². The standard InChI is InChI=1S/C13H22N2O2/c1-4-10(16)8-15-11-6-5-7-12(13(11)14)17-9(2)3/h5-7,9-10,15-16H,4,8,14H2,1-3H3. The monoisotopic (exact) mass is 238 g/mol. The molecule has 0 aliphatic carbocycles. The third-order valence-electron chi connectivity index (χ3n) is 2.43. The van der Waals surface area contributed by atoms with Gasteiger partial charge in [0.05, 0.1) is 23.6 Å². The van der Waals surface area contributed by atoms with Crippen molar-refractivity contribution in [2.75, 3.05) is 17.6 Å². The molecule has 4 N–H and O–H groups in total. The first-order chi connectivity index (χ1) is 8.04. The number of ether oxygens (including phenoxy) is 1. The summed E-state index contributed by atoms with van der Waals surface area (Å²) in [5, 5.41) is 12.6. The van der Waals surface area contributed by atoms with Crippen LogP contribution in [-0.4, -0.2) is 23.9 Å². The largest absolute Gasteiger partial charge is 0.489 e. The molecule has 4 heteroatoms. The van der Waals surface area contributed by atoms with Crippen LogP contribution in [-0.2, 0) is 0 Å². The van der Waals surface area contributed by atoms with E-state index in [1.165, 1.54) is 0 Å². The predicted molar refractivity (Wildman–Crippen MR) is 71.4 cm³/mol. The molecule has 0 saturated heterocycles. The summed E-state index contributed by atoms with van der Waals surface area (Å²) in [6, 6.07) is 5.61. The Balaban J connectivity index is 2.72. The molecule has 0 heterocycles. The first kappa shape index (κ1) is 13.6. The van der Waals surface area contributed by atoms with Crippen LogP contribution in [0.15, 0.2) is 18.2 Å². The van der Waals surface area contributed by atoms with Gasteiger partial charge in [-0.15, -0.1) is 0 Å². The fourth-order valence-corrected chi connectivity index (χ4v) is 1.43. The van der Waals surface area contributed by atoms with Crippen LogP contribution >= 0.6 is 0 Å². The van der Waals surface area contributed by atoms with E-state index in [1.54, 1.807) is 0 Å². The highest BCUT2D eigenvalue weighted by Crippen LogP contribution is 2.30. The number of nitrogens with two attached hydrogens (primary N) is 1. The number of nitrogen functional groups attached to an aromatic ring is 1. The molecule has 1 aromatic rings. The highest BCUT2D eigenvalue weighted by Gasteiger charge is 2.08. The van der Waals surface area contributed by atoms with Crippen molar-refractivity contribution < 1.29 is 9.84 Å². The van der Waals surface area contributed by atoms with Gasteiger partial charge in [-0.25, -0.2) is 0 Å². The van der Waals surface area contributed by atoms with Gasteiger partial charge >= 0.3 is 0 Å². The number of aliphatic hydroxyl groups is 1. The summed E-state index contributed by atoms with van der Waals surface area (Å²) in [5.74, 6) is 0.677. The van der Waals surface area contributed by atoms with Gasteiger partial charge in [-0.3, -0.25) is 0 Å². The molecule has 0 aliphatic rings. The molecule has 17 heavy (non-hydrogen) atoms. The maximum Gasteiger partial charge on any atom is 0.144 e. The molecule has 0 radical (unpaired) electrons. The van der Waals surface area contributed by atoms with Crippen LogP contribution in [0.5, 0.6) is 5.75 Å². The van der Waals surface area contributed by atoms with E-state index >= 15 is 0 Å². The quantitative estimate of drug-likeness (QED) is 0.665. The predicted octanol–water partition coefficient (Wildman–Crippen LogP) is 2.24. The Morgan fingerprint density at radius 2 is 2.12 bits per heavy atom. The highest BCUT2D eigenvalue weighted by molar-refractivity contribution is 5.72. The molecule has 0 fully saturated rings. The van der Waals surface area contributed by atoms with Crippen molar-refractivity contribution in [1.29, 1.82) is 0 Å². The van der Waals surface area contributed by atoms with Gasteiger partial charge in [-0.05, 0) is 32.4 Å². The van der Waals surface area contributed by atoms with E-state index in [0.717, 1.165) is 12.1 Å². The Hall–Kier alpha value is -1.42. The Morgan fingerprint density at radius 1 is 1.41 bits per heavy atom. The van der Waals surface area contributed by atoms with Crippen LogP contribution in [0.1, 0.15) is 27.2 Å². The molecule has 96 valence electrons. The van der Waals surface area contributed by atoms with Crippen molar-refractivity contribution in [3.8, 4) is 5.75 Å². The van der Waals surface area contributed by atoms with Crippen molar-refractivity contribution in [1.82, 2.24) is 0 Å². The summed E-state index contributed by atoms with van der Waals surface area (Å²) in [4.78, 5) is 0. The highest BCUT2D eigenvalue weighted by atomic mass is 16.5. The third-order valence-corrected chi connectivity index (χ3v) is 2.43. The zero-order chi connectivity index (χ0) is 12.8. The molecule has 0 spiro atoms. The lowest BCUT2D eigenvalue weighted by Gasteiger charge is -2.16. The van der Waals surface area contributed by atoms with Crippen molar-refractivity contribution in [3.05, 3.63) is 18.2 Å². The fourth-order valence-electron chi connectivity index (χ4n) is 1.43. The van der Waals surface area contributed by atoms with Crippen LogP contribution in [0.2, 0.25) is 0 Å². The van der Waals surface area contributed by atoms with Gasteiger partial charge in [0.25, 0.3) is 0 Å². The van der Waals surface area contributed by atoms with Gasteiger partial charge in [0.1, 0.15) is 5.75 Å². The lowest BCUT2D eigenvalue weighted by Crippen LogP contribution is -2.19. The fraction of sp³-hybridized carbons (Fsp3) is 0.538. The number of aliphatic hydroxyl groups excluding tert-OH is 1. The Bertz CT molecular complexity index is 353. The molecular weight excluding hydrogens is 216 g/mol. The Kier molecular flexibility index (Phi) is 5.10. The van der Waals surface area contributed by atoms with E-state index in [1.807, 2.05) is 39.0 Å². The normalized spacial score (nSPS) is 12.5. The average molecular weight is 238 g/mol. The van der Waals surface area contributed by atoms with Gasteiger partial charge in [-0.1, -0.05) is 13.0 Å². The number of benzene rings is 1. The lowest BCUT2D eigenvalue weighted by atomic mass is 10.2. The molecule has 0 bridgehead atoms. The number of nitrogens with one attached hydrogen (secondary N) is 1. The average Bonchev–Trinajstić information content (AvgIpc) is 2.29. The van der Waals surface area contributed by atoms with E-state index in [4.69, 9.17) is 10.5 Å². The van der Waals surface area contributed by atoms with Gasteiger partial charge in [0, 0.05) is 6.54 Å². The smallest absolute Gasteiger partial charge is 0.144 e. The summed E-state index contributed by atoms with van der Waals surface area (Å²) in [6.07, 6.45) is 0.451. The summed E-state index contributed by atoms with van der Waals surface area (Å²) in [6.45, 7) is 6.35. The van der Waals surface area contributed by atoms with Crippen molar-refractivity contribution in [2.45, 2.75) is 39.4 Å². The van der Waals surface area contributed by atoms with Gasteiger partial charge in [0.2, 0.25) is 0 Å². The number of hydrogen-bond acceptors (Lipinski definition) is 4. The first-order valence-electron chi connectivity index (χ1n) is 6.01. The summed E-state index contributed by atoms with van der Waals surface area (Å²) < 4.78 is 5.59. The molecule has 0 aliphatic heterocycles. The minimum Gasteiger partial charge on any atom is -0.489 e. The first-order valence-corrected chi connectivity index (χ1v) is 6.01. The van der Waals surface area contributed by atoms with Crippen LogP contribution in [0, 0.1) is 0 Å². The van der Waals surface area contributed by atoms with Gasteiger partial charge in [0.15, 0.2) is 0 Å². The second kappa shape index (κ2) is 6.35. The third kappa shape index (κ3) is 4.15. The topological polar surface area (TPSA) is 67.5 Å². The Morgan fingerprint density at radius 3 is 2.71 bits per heavy atom. The zero-order valence-electron chi connectivity index (χ0n) is 10.7. The van der Waals surface area contributed by atoms with E-state index in [2.05, 4.69) is 5.32 Å². The van der Waals surface area contributed by atoms with Crippen molar-refractivity contribution >= 4 is 11.4 Å².